The summed E-state index contributed by atoms with van der Waals surface area (Å²) in [7, 11) is 0. The van der Waals surface area contributed by atoms with Crippen LogP contribution in [0.1, 0.15) is 19.5 Å². The molecule has 3 heteroatoms. The maximum atomic E-state index is 12.5. The molecule has 0 spiro atoms. The van der Waals surface area contributed by atoms with Crippen molar-refractivity contribution in [2.75, 3.05) is 0 Å². The molecule has 0 N–H and O–H groups in total. The summed E-state index contributed by atoms with van der Waals surface area (Å²) >= 11 is 5.77. The molecule has 0 bridgehead atoms. The second-order valence-corrected chi connectivity index (χ2v) is 3.59. The van der Waals surface area contributed by atoms with E-state index in [0.717, 1.165) is 12.1 Å². The standard InChI is InChI=1S/C9H11ClFN/c1-6(2)3-9-8(10)4-7(11)5-12-9/h4-6H,3H2,1-2H3. The van der Waals surface area contributed by atoms with Gasteiger partial charge in [-0.2, -0.15) is 0 Å². The molecule has 0 amide bonds. The van der Waals surface area contributed by atoms with Crippen LogP contribution in [0.2, 0.25) is 5.02 Å². The van der Waals surface area contributed by atoms with Crippen LogP contribution in [0, 0.1) is 11.7 Å². The van der Waals surface area contributed by atoms with E-state index < -0.39 is 0 Å². The maximum absolute atomic E-state index is 12.5. The minimum Gasteiger partial charge on any atom is -0.257 e. The lowest BCUT2D eigenvalue weighted by Crippen LogP contribution is -1.98. The van der Waals surface area contributed by atoms with Crippen molar-refractivity contribution in [1.29, 1.82) is 0 Å². The molecule has 1 nitrogen and oxygen atoms in total. The van der Waals surface area contributed by atoms with Crippen molar-refractivity contribution in [3.63, 3.8) is 0 Å². The third-order valence-electron chi connectivity index (χ3n) is 1.49. The second kappa shape index (κ2) is 3.85. The predicted octanol–water partition coefficient (Wildman–Crippen LogP) is 3.07. The number of hydrogen-bond acceptors (Lipinski definition) is 1. The average Bonchev–Trinajstić information content (AvgIpc) is 1.94. The van der Waals surface area contributed by atoms with Gasteiger partial charge in [0.1, 0.15) is 5.82 Å². The number of aromatic nitrogens is 1. The van der Waals surface area contributed by atoms with Crippen molar-refractivity contribution >= 4 is 11.6 Å². The van der Waals surface area contributed by atoms with Gasteiger partial charge >= 0.3 is 0 Å². The summed E-state index contributed by atoms with van der Waals surface area (Å²) in [6.45, 7) is 4.14. The van der Waals surface area contributed by atoms with Gasteiger partial charge in [-0.15, -0.1) is 0 Å². The first-order valence-electron chi connectivity index (χ1n) is 3.89. The van der Waals surface area contributed by atoms with Crippen molar-refractivity contribution in [3.05, 3.63) is 28.8 Å². The molecular formula is C9H11ClFN. The molecule has 0 aliphatic heterocycles. The summed E-state index contributed by atoms with van der Waals surface area (Å²) in [5, 5.41) is 0.420. The van der Waals surface area contributed by atoms with Crippen molar-refractivity contribution < 1.29 is 4.39 Å². The van der Waals surface area contributed by atoms with Gasteiger partial charge in [0.25, 0.3) is 0 Å². The Bertz CT molecular complexity index is 273. The Morgan fingerprint density at radius 2 is 2.25 bits per heavy atom. The quantitative estimate of drug-likeness (QED) is 0.694. The van der Waals surface area contributed by atoms with E-state index in [0.29, 0.717) is 10.9 Å². The zero-order valence-electron chi connectivity index (χ0n) is 7.14. The van der Waals surface area contributed by atoms with E-state index in [1.165, 1.54) is 12.3 Å². The van der Waals surface area contributed by atoms with Crippen LogP contribution in [0.5, 0.6) is 0 Å². The van der Waals surface area contributed by atoms with Crippen molar-refractivity contribution in [2.24, 2.45) is 5.92 Å². The third-order valence-corrected chi connectivity index (χ3v) is 1.81. The van der Waals surface area contributed by atoms with E-state index in [1.54, 1.807) is 0 Å². The second-order valence-electron chi connectivity index (χ2n) is 3.18. The molecule has 0 saturated heterocycles. The molecule has 0 aromatic carbocycles. The zero-order chi connectivity index (χ0) is 9.14. The summed E-state index contributed by atoms with van der Waals surface area (Å²) in [4.78, 5) is 3.91. The predicted molar refractivity (Wildman–Crippen MR) is 47.7 cm³/mol. The summed E-state index contributed by atoms with van der Waals surface area (Å²) in [6, 6.07) is 1.30. The molecule has 12 heavy (non-hydrogen) atoms. The van der Waals surface area contributed by atoms with Gasteiger partial charge < -0.3 is 0 Å². The van der Waals surface area contributed by atoms with Crippen LogP contribution in [0.15, 0.2) is 12.3 Å². The van der Waals surface area contributed by atoms with E-state index in [9.17, 15) is 4.39 Å². The molecular weight excluding hydrogens is 177 g/mol. The minimum atomic E-state index is -0.382. The van der Waals surface area contributed by atoms with Gasteiger partial charge in [0.15, 0.2) is 0 Å². The number of hydrogen-bond donors (Lipinski definition) is 0. The zero-order valence-corrected chi connectivity index (χ0v) is 7.90. The number of nitrogens with zero attached hydrogens (tertiary/aromatic N) is 1. The van der Waals surface area contributed by atoms with Gasteiger partial charge in [0, 0.05) is 0 Å². The first-order chi connectivity index (χ1) is 5.59. The van der Waals surface area contributed by atoms with Crippen molar-refractivity contribution in [3.8, 4) is 0 Å². The molecule has 1 aromatic heterocycles. The fourth-order valence-corrected chi connectivity index (χ4v) is 1.21. The molecule has 0 aliphatic rings. The van der Waals surface area contributed by atoms with E-state index >= 15 is 0 Å². The molecule has 0 unspecified atom stereocenters. The highest BCUT2D eigenvalue weighted by atomic mass is 35.5. The van der Waals surface area contributed by atoms with Crippen molar-refractivity contribution in [2.45, 2.75) is 20.3 Å². The number of rotatable bonds is 2. The largest absolute Gasteiger partial charge is 0.257 e. The molecule has 0 fully saturated rings. The topological polar surface area (TPSA) is 12.9 Å². The molecule has 1 rings (SSSR count). The molecule has 1 aromatic rings. The van der Waals surface area contributed by atoms with Gasteiger partial charge in [-0.1, -0.05) is 25.4 Å². The van der Waals surface area contributed by atoms with Gasteiger partial charge in [-0.05, 0) is 18.4 Å². The Kier molecular flexibility index (Phi) is 3.04. The first-order valence-corrected chi connectivity index (χ1v) is 4.27. The fraction of sp³-hybridized carbons (Fsp3) is 0.444. The molecule has 0 radical (unpaired) electrons. The fourth-order valence-electron chi connectivity index (χ4n) is 0.980. The van der Waals surface area contributed by atoms with E-state index in [4.69, 9.17) is 11.6 Å². The monoisotopic (exact) mass is 187 g/mol. The Morgan fingerprint density at radius 1 is 1.58 bits per heavy atom. The van der Waals surface area contributed by atoms with Gasteiger partial charge in [0.2, 0.25) is 0 Å². The lowest BCUT2D eigenvalue weighted by molar-refractivity contribution is 0.606. The Morgan fingerprint density at radius 3 is 2.75 bits per heavy atom. The number of halogens is 2. The van der Waals surface area contributed by atoms with Gasteiger partial charge in [-0.3, -0.25) is 4.98 Å². The summed E-state index contributed by atoms with van der Waals surface area (Å²) in [5.74, 6) is 0.105. The highest BCUT2D eigenvalue weighted by Gasteiger charge is 2.05. The van der Waals surface area contributed by atoms with Crippen LogP contribution in [-0.2, 0) is 6.42 Å². The van der Waals surface area contributed by atoms with Crippen LogP contribution in [-0.4, -0.2) is 4.98 Å². The highest BCUT2D eigenvalue weighted by Crippen LogP contribution is 2.17. The normalized spacial score (nSPS) is 10.8. The smallest absolute Gasteiger partial charge is 0.142 e. The lowest BCUT2D eigenvalue weighted by atomic mass is 10.1. The summed E-state index contributed by atoms with van der Waals surface area (Å²) in [5.41, 5.74) is 0.771. The van der Waals surface area contributed by atoms with Crippen LogP contribution in [0.4, 0.5) is 4.39 Å². The Hall–Kier alpha value is -0.630. The van der Waals surface area contributed by atoms with Crippen molar-refractivity contribution in [1.82, 2.24) is 4.98 Å². The van der Waals surface area contributed by atoms with Gasteiger partial charge in [0.05, 0.1) is 16.9 Å². The lowest BCUT2D eigenvalue weighted by Gasteiger charge is -2.05. The van der Waals surface area contributed by atoms with E-state index in [1.807, 2.05) is 0 Å². The van der Waals surface area contributed by atoms with Gasteiger partial charge in [-0.25, -0.2) is 4.39 Å². The Labute approximate surface area is 76.6 Å². The van der Waals surface area contributed by atoms with Crippen LogP contribution in [0.3, 0.4) is 0 Å². The SMILES string of the molecule is CC(C)Cc1ncc(F)cc1Cl. The van der Waals surface area contributed by atoms with E-state index in [2.05, 4.69) is 18.8 Å². The highest BCUT2D eigenvalue weighted by molar-refractivity contribution is 6.31. The van der Waals surface area contributed by atoms with Crippen LogP contribution < -0.4 is 0 Å². The van der Waals surface area contributed by atoms with E-state index in [-0.39, 0.29) is 5.82 Å². The molecule has 1 heterocycles. The minimum absolute atomic E-state index is 0.382. The molecule has 0 saturated carbocycles. The third kappa shape index (κ3) is 2.45. The summed E-state index contributed by atoms with van der Waals surface area (Å²) in [6.07, 6.45) is 1.99. The first kappa shape index (κ1) is 9.46. The maximum Gasteiger partial charge on any atom is 0.142 e. The molecule has 0 aliphatic carbocycles. The van der Waals surface area contributed by atoms with Crippen LogP contribution >= 0.6 is 11.6 Å². The van der Waals surface area contributed by atoms with Crippen LogP contribution in [0.25, 0.3) is 0 Å². The Balaban J connectivity index is 2.86. The number of pyridine rings is 1. The molecule has 0 atom stereocenters. The summed E-state index contributed by atoms with van der Waals surface area (Å²) < 4.78 is 12.5. The average molecular weight is 188 g/mol. The molecule has 66 valence electrons.